The number of aryl methyl sites for hydroxylation is 2. The molecule has 0 radical (unpaired) electrons. The number of carbonyl (C=O) groups excluding carboxylic acids is 1. The Morgan fingerprint density at radius 1 is 1.15 bits per heavy atom. The van der Waals surface area contributed by atoms with Gasteiger partial charge in [-0.15, -0.1) is 0 Å². The van der Waals surface area contributed by atoms with Crippen LogP contribution in [-0.2, 0) is 18.4 Å². The first-order valence-corrected chi connectivity index (χ1v) is 9.00. The molecular formula is C19H22N6O2. The highest BCUT2D eigenvalue weighted by Gasteiger charge is 2.22. The lowest BCUT2D eigenvalue weighted by atomic mass is 10.1. The molecule has 27 heavy (non-hydrogen) atoms. The summed E-state index contributed by atoms with van der Waals surface area (Å²) in [7, 11) is 1.73. The van der Waals surface area contributed by atoms with Crippen LogP contribution in [0.25, 0.3) is 11.0 Å². The van der Waals surface area contributed by atoms with Gasteiger partial charge in [0.15, 0.2) is 5.65 Å². The summed E-state index contributed by atoms with van der Waals surface area (Å²) in [6.07, 6.45) is 2.92. The Morgan fingerprint density at radius 3 is 2.63 bits per heavy atom. The Kier molecular flexibility index (Phi) is 4.39. The molecule has 4 rings (SSSR count). The minimum absolute atomic E-state index is 0.00102. The van der Waals surface area contributed by atoms with Crippen molar-refractivity contribution in [2.75, 3.05) is 31.1 Å². The lowest BCUT2D eigenvalue weighted by Gasteiger charge is -2.36. The average Bonchev–Trinajstić information content (AvgIpc) is 3.06. The van der Waals surface area contributed by atoms with Gasteiger partial charge in [0, 0.05) is 38.9 Å². The largest absolute Gasteiger partial charge is 0.368 e. The molecule has 0 spiro atoms. The molecule has 8 heteroatoms. The van der Waals surface area contributed by atoms with Gasteiger partial charge in [0.2, 0.25) is 5.91 Å². The highest BCUT2D eigenvalue weighted by molar-refractivity contribution is 5.77. The molecule has 1 aliphatic rings. The number of aromatic nitrogens is 4. The topological polar surface area (TPSA) is 76.3 Å². The maximum atomic E-state index is 12.7. The number of anilines is 1. The van der Waals surface area contributed by atoms with E-state index in [1.165, 1.54) is 28.3 Å². The Hall–Kier alpha value is -3.16. The smallest absolute Gasteiger partial charge is 0.264 e. The third-order valence-corrected chi connectivity index (χ3v) is 5.11. The molecule has 1 aromatic carbocycles. The maximum Gasteiger partial charge on any atom is 0.264 e. The fourth-order valence-electron chi connectivity index (χ4n) is 3.54. The number of para-hydroxylation sites is 1. The molecule has 0 N–H and O–H groups in total. The summed E-state index contributed by atoms with van der Waals surface area (Å²) in [4.78, 5) is 33.6. The number of carbonyl (C=O) groups is 1. The van der Waals surface area contributed by atoms with Gasteiger partial charge in [-0.1, -0.05) is 18.2 Å². The molecule has 1 aliphatic heterocycles. The normalized spacial score (nSPS) is 14.7. The second-order valence-corrected chi connectivity index (χ2v) is 6.84. The van der Waals surface area contributed by atoms with E-state index in [4.69, 9.17) is 0 Å². The lowest BCUT2D eigenvalue weighted by molar-refractivity contribution is -0.132. The maximum absolute atomic E-state index is 12.7. The third-order valence-electron chi connectivity index (χ3n) is 5.11. The molecule has 140 valence electrons. The molecule has 8 nitrogen and oxygen atoms in total. The van der Waals surface area contributed by atoms with Gasteiger partial charge >= 0.3 is 0 Å². The molecule has 2 aromatic heterocycles. The minimum Gasteiger partial charge on any atom is -0.368 e. The van der Waals surface area contributed by atoms with Gasteiger partial charge in [-0.05, 0) is 18.6 Å². The number of piperazine rings is 1. The van der Waals surface area contributed by atoms with Crippen molar-refractivity contribution in [3.05, 3.63) is 52.7 Å². The van der Waals surface area contributed by atoms with Crippen molar-refractivity contribution in [2.24, 2.45) is 7.05 Å². The van der Waals surface area contributed by atoms with Crippen LogP contribution < -0.4 is 10.5 Å². The van der Waals surface area contributed by atoms with Crippen LogP contribution in [0.3, 0.4) is 0 Å². The van der Waals surface area contributed by atoms with E-state index in [1.54, 1.807) is 11.7 Å². The second kappa shape index (κ2) is 6.86. The van der Waals surface area contributed by atoms with Crippen LogP contribution in [0.15, 0.2) is 41.6 Å². The molecule has 1 fully saturated rings. The Balaban J connectivity index is 1.44. The van der Waals surface area contributed by atoms with E-state index in [-0.39, 0.29) is 18.0 Å². The Bertz CT molecular complexity index is 1050. The standard InChI is InChI=1S/C19H22N6O2/c1-14-5-3-4-6-16(14)23-7-9-24(10-8-23)17(26)12-25-13-20-18-15(19(25)27)11-21-22(18)2/h3-6,11,13H,7-10,12H2,1-2H3. The fourth-order valence-corrected chi connectivity index (χ4v) is 3.54. The van der Waals surface area contributed by atoms with Crippen molar-refractivity contribution in [1.29, 1.82) is 0 Å². The highest BCUT2D eigenvalue weighted by Crippen LogP contribution is 2.20. The van der Waals surface area contributed by atoms with E-state index in [0.717, 1.165) is 13.1 Å². The summed E-state index contributed by atoms with van der Waals surface area (Å²) in [5.74, 6) is -0.0634. The van der Waals surface area contributed by atoms with E-state index in [1.807, 2.05) is 17.0 Å². The number of hydrogen-bond acceptors (Lipinski definition) is 5. The number of fused-ring (bicyclic) bond motifs is 1. The average molecular weight is 366 g/mol. The minimum atomic E-state index is -0.236. The first-order valence-electron chi connectivity index (χ1n) is 9.00. The van der Waals surface area contributed by atoms with E-state index >= 15 is 0 Å². The molecule has 1 saturated heterocycles. The van der Waals surface area contributed by atoms with Gasteiger partial charge < -0.3 is 9.80 Å². The van der Waals surface area contributed by atoms with Crippen molar-refractivity contribution in [3.8, 4) is 0 Å². The van der Waals surface area contributed by atoms with Crippen LogP contribution in [0.5, 0.6) is 0 Å². The number of amides is 1. The lowest BCUT2D eigenvalue weighted by Crippen LogP contribution is -2.50. The molecule has 3 aromatic rings. The fraction of sp³-hybridized carbons (Fsp3) is 0.368. The van der Waals surface area contributed by atoms with Crippen molar-refractivity contribution in [1.82, 2.24) is 24.2 Å². The number of nitrogens with zero attached hydrogens (tertiary/aromatic N) is 6. The third kappa shape index (κ3) is 3.18. The van der Waals surface area contributed by atoms with Crippen LogP contribution in [0.2, 0.25) is 0 Å². The van der Waals surface area contributed by atoms with Crippen LogP contribution in [0.1, 0.15) is 5.56 Å². The highest BCUT2D eigenvalue weighted by atomic mass is 16.2. The van der Waals surface area contributed by atoms with Crippen molar-refractivity contribution in [3.63, 3.8) is 0 Å². The first kappa shape index (κ1) is 17.3. The molecule has 3 heterocycles. The monoisotopic (exact) mass is 366 g/mol. The molecule has 1 amide bonds. The summed E-state index contributed by atoms with van der Waals surface area (Å²) in [5.41, 5.74) is 2.74. The Morgan fingerprint density at radius 2 is 1.89 bits per heavy atom. The van der Waals surface area contributed by atoms with Gasteiger partial charge in [-0.25, -0.2) is 4.98 Å². The Labute approximate surface area is 156 Å². The SMILES string of the molecule is Cc1ccccc1N1CCN(C(=O)Cn2cnc3c(cnn3C)c2=O)CC1. The van der Waals surface area contributed by atoms with Crippen LogP contribution >= 0.6 is 0 Å². The van der Waals surface area contributed by atoms with E-state index in [9.17, 15) is 9.59 Å². The van der Waals surface area contributed by atoms with E-state index < -0.39 is 0 Å². The quantitative estimate of drug-likeness (QED) is 0.685. The van der Waals surface area contributed by atoms with Crippen molar-refractivity contribution < 1.29 is 4.79 Å². The molecule has 0 bridgehead atoms. The summed E-state index contributed by atoms with van der Waals surface area (Å²) in [6, 6.07) is 8.28. The molecule has 0 unspecified atom stereocenters. The van der Waals surface area contributed by atoms with Gasteiger partial charge in [0.05, 0.1) is 6.20 Å². The zero-order valence-electron chi connectivity index (χ0n) is 15.5. The van der Waals surface area contributed by atoms with Crippen molar-refractivity contribution >= 4 is 22.6 Å². The summed E-state index contributed by atoms with van der Waals surface area (Å²) < 4.78 is 2.91. The first-order chi connectivity index (χ1) is 13.0. The van der Waals surface area contributed by atoms with Gasteiger partial charge in [-0.3, -0.25) is 18.8 Å². The summed E-state index contributed by atoms with van der Waals surface area (Å²) in [6.45, 7) is 4.95. The molecule has 0 saturated carbocycles. The van der Waals surface area contributed by atoms with E-state index in [2.05, 4.69) is 34.0 Å². The molecule has 0 aliphatic carbocycles. The zero-order valence-corrected chi connectivity index (χ0v) is 15.5. The van der Waals surface area contributed by atoms with Gasteiger partial charge in [0.25, 0.3) is 5.56 Å². The molecular weight excluding hydrogens is 344 g/mol. The number of rotatable bonds is 3. The zero-order chi connectivity index (χ0) is 19.0. The van der Waals surface area contributed by atoms with E-state index in [0.29, 0.717) is 24.1 Å². The summed E-state index contributed by atoms with van der Waals surface area (Å²) in [5, 5.41) is 4.48. The number of hydrogen-bond donors (Lipinski definition) is 0. The van der Waals surface area contributed by atoms with Crippen LogP contribution in [-0.4, -0.2) is 56.3 Å². The van der Waals surface area contributed by atoms with Crippen LogP contribution in [0, 0.1) is 6.92 Å². The summed E-state index contributed by atoms with van der Waals surface area (Å²) >= 11 is 0. The second-order valence-electron chi connectivity index (χ2n) is 6.84. The van der Waals surface area contributed by atoms with Crippen molar-refractivity contribution in [2.45, 2.75) is 13.5 Å². The van der Waals surface area contributed by atoms with Crippen LogP contribution in [0.4, 0.5) is 5.69 Å². The predicted octanol–water partition coefficient (Wildman–Crippen LogP) is 0.787. The van der Waals surface area contributed by atoms with Gasteiger partial charge in [-0.2, -0.15) is 5.10 Å². The van der Waals surface area contributed by atoms with Gasteiger partial charge in [0.1, 0.15) is 18.3 Å². The predicted molar refractivity (Wildman–Crippen MR) is 103 cm³/mol. The number of benzene rings is 1. The molecule has 0 atom stereocenters.